The Morgan fingerprint density at radius 1 is 1.00 bits per heavy atom. The molecule has 1 N–H and O–H groups in total. The third-order valence-electron chi connectivity index (χ3n) is 5.13. The van der Waals surface area contributed by atoms with Gasteiger partial charge in [0.1, 0.15) is 6.61 Å². The van der Waals surface area contributed by atoms with Crippen LogP contribution >= 0.6 is 0 Å². The fourth-order valence-electron chi connectivity index (χ4n) is 3.62. The number of fused-ring (bicyclic) bond motifs is 1. The van der Waals surface area contributed by atoms with Crippen molar-refractivity contribution in [3.8, 4) is 0 Å². The fourth-order valence-corrected chi connectivity index (χ4v) is 3.62. The molecule has 0 atom stereocenters. The molecule has 1 amide bonds. The van der Waals surface area contributed by atoms with Gasteiger partial charge in [0.25, 0.3) is 5.56 Å². The molecule has 0 unspecified atom stereocenters. The van der Waals surface area contributed by atoms with E-state index in [-0.39, 0.29) is 24.3 Å². The summed E-state index contributed by atoms with van der Waals surface area (Å²) in [5.41, 5.74) is 0.772. The number of carbonyl (C=O) groups excluding carboxylic acids is 1. The van der Waals surface area contributed by atoms with Crippen LogP contribution in [0.15, 0.2) is 64.2 Å². The van der Waals surface area contributed by atoms with Crippen molar-refractivity contribution in [1.29, 1.82) is 0 Å². The van der Waals surface area contributed by atoms with Crippen LogP contribution in [0.1, 0.15) is 24.4 Å². The molecule has 7 nitrogen and oxygen atoms in total. The van der Waals surface area contributed by atoms with Gasteiger partial charge in [-0.2, -0.15) is 0 Å². The summed E-state index contributed by atoms with van der Waals surface area (Å²) in [7, 11) is 0. The van der Waals surface area contributed by atoms with Gasteiger partial charge in [0.05, 0.1) is 10.9 Å². The Bertz CT molecular complexity index is 1100. The first kappa shape index (κ1) is 18.0. The highest BCUT2D eigenvalue weighted by Gasteiger charge is 2.27. The van der Waals surface area contributed by atoms with E-state index in [1.807, 2.05) is 30.3 Å². The zero-order valence-electron chi connectivity index (χ0n) is 15.3. The second-order valence-electron chi connectivity index (χ2n) is 6.91. The number of amides is 1. The number of aromatic nitrogens is 2. The molecule has 2 aromatic carbocycles. The Kier molecular flexibility index (Phi) is 4.97. The number of piperidine rings is 1. The minimum atomic E-state index is -0.409. The second-order valence-corrected chi connectivity index (χ2v) is 6.91. The van der Waals surface area contributed by atoms with Crippen molar-refractivity contribution in [1.82, 2.24) is 14.5 Å². The molecule has 0 bridgehead atoms. The summed E-state index contributed by atoms with van der Waals surface area (Å²) in [6, 6.07) is 16.2. The number of rotatable bonds is 3. The van der Waals surface area contributed by atoms with Gasteiger partial charge in [-0.05, 0) is 30.5 Å². The summed E-state index contributed by atoms with van der Waals surface area (Å²) in [6.07, 6.45) is 0.686. The lowest BCUT2D eigenvalue weighted by atomic mass is 10.0. The maximum atomic E-state index is 12.8. The molecule has 0 radical (unpaired) electrons. The van der Waals surface area contributed by atoms with Gasteiger partial charge < -0.3 is 14.6 Å². The molecule has 0 aliphatic carbocycles. The Morgan fingerprint density at radius 2 is 1.68 bits per heavy atom. The number of para-hydroxylation sites is 1. The van der Waals surface area contributed by atoms with E-state index in [9.17, 15) is 14.4 Å². The quantitative estimate of drug-likeness (QED) is 0.758. The number of likely N-dealkylation sites (tertiary alicyclic amines) is 1. The molecule has 1 fully saturated rings. The van der Waals surface area contributed by atoms with E-state index in [2.05, 4.69) is 4.98 Å². The van der Waals surface area contributed by atoms with Crippen LogP contribution < -0.4 is 11.2 Å². The number of benzene rings is 2. The second kappa shape index (κ2) is 7.72. The fraction of sp³-hybridized carbons (Fsp3) is 0.286. The molecule has 0 saturated carbocycles. The van der Waals surface area contributed by atoms with Crippen molar-refractivity contribution in [2.24, 2.45) is 0 Å². The van der Waals surface area contributed by atoms with E-state index in [1.54, 1.807) is 29.2 Å². The van der Waals surface area contributed by atoms with Crippen molar-refractivity contribution in [2.75, 3.05) is 13.1 Å². The van der Waals surface area contributed by atoms with Gasteiger partial charge >= 0.3 is 11.8 Å². The third-order valence-corrected chi connectivity index (χ3v) is 5.13. The lowest BCUT2D eigenvalue weighted by Crippen LogP contribution is -2.45. The average Bonchev–Trinajstić information content (AvgIpc) is 2.73. The van der Waals surface area contributed by atoms with Crippen LogP contribution in [0.25, 0.3) is 10.9 Å². The summed E-state index contributed by atoms with van der Waals surface area (Å²) in [4.78, 5) is 41.9. The highest BCUT2D eigenvalue weighted by Crippen LogP contribution is 2.21. The van der Waals surface area contributed by atoms with Gasteiger partial charge in [0.15, 0.2) is 0 Å². The van der Waals surface area contributed by atoms with E-state index >= 15 is 0 Å². The molecule has 1 saturated heterocycles. The smallest absolute Gasteiger partial charge is 0.410 e. The predicted octanol–water partition coefficient (Wildman–Crippen LogP) is 2.66. The number of nitrogens with zero attached hydrogens (tertiary/aromatic N) is 2. The number of ether oxygens (including phenoxy) is 1. The molecule has 2 heterocycles. The van der Waals surface area contributed by atoms with Gasteiger partial charge in [-0.3, -0.25) is 9.36 Å². The maximum Gasteiger partial charge on any atom is 0.410 e. The number of hydrogen-bond acceptors (Lipinski definition) is 4. The van der Waals surface area contributed by atoms with Crippen molar-refractivity contribution in [3.05, 3.63) is 81.0 Å². The first-order valence-corrected chi connectivity index (χ1v) is 9.32. The van der Waals surface area contributed by atoms with Gasteiger partial charge in [0.2, 0.25) is 0 Å². The van der Waals surface area contributed by atoms with Crippen LogP contribution in [0.3, 0.4) is 0 Å². The molecule has 3 aromatic rings. The number of H-pyrrole nitrogens is 1. The highest BCUT2D eigenvalue weighted by molar-refractivity contribution is 5.76. The zero-order valence-corrected chi connectivity index (χ0v) is 15.3. The van der Waals surface area contributed by atoms with E-state index < -0.39 is 5.69 Å². The summed E-state index contributed by atoms with van der Waals surface area (Å²) in [6.45, 7) is 1.11. The van der Waals surface area contributed by atoms with E-state index in [4.69, 9.17) is 4.74 Å². The Hall–Kier alpha value is -3.35. The highest BCUT2D eigenvalue weighted by atomic mass is 16.6. The topological polar surface area (TPSA) is 84.4 Å². The largest absolute Gasteiger partial charge is 0.445 e. The van der Waals surface area contributed by atoms with Crippen molar-refractivity contribution >= 4 is 17.0 Å². The van der Waals surface area contributed by atoms with Crippen LogP contribution in [0.5, 0.6) is 0 Å². The van der Waals surface area contributed by atoms with E-state index in [0.717, 1.165) is 5.56 Å². The Morgan fingerprint density at radius 3 is 2.43 bits per heavy atom. The third kappa shape index (κ3) is 3.55. The van der Waals surface area contributed by atoms with Crippen LogP contribution in [-0.4, -0.2) is 33.6 Å². The molecular weight excluding hydrogens is 358 g/mol. The van der Waals surface area contributed by atoms with Gasteiger partial charge in [-0.15, -0.1) is 0 Å². The van der Waals surface area contributed by atoms with Gasteiger partial charge in [0, 0.05) is 19.1 Å². The molecule has 0 spiro atoms. The van der Waals surface area contributed by atoms with Crippen LogP contribution in [0.4, 0.5) is 4.79 Å². The summed E-state index contributed by atoms with van der Waals surface area (Å²) < 4.78 is 6.65. The average molecular weight is 379 g/mol. The molecule has 7 heteroatoms. The predicted molar refractivity (Wildman–Crippen MR) is 105 cm³/mol. The summed E-state index contributed by atoms with van der Waals surface area (Å²) in [5.74, 6) is 0. The van der Waals surface area contributed by atoms with Crippen molar-refractivity contribution in [2.45, 2.75) is 25.5 Å². The Labute approximate surface area is 161 Å². The summed E-state index contributed by atoms with van der Waals surface area (Å²) in [5, 5.41) is 0.492. The maximum absolute atomic E-state index is 12.8. The SMILES string of the molecule is O=C(OCc1ccccc1)N1CCC(n2c(=O)[nH]c3ccccc3c2=O)CC1. The number of hydrogen-bond donors (Lipinski definition) is 1. The first-order chi connectivity index (χ1) is 13.6. The molecule has 4 rings (SSSR count). The van der Waals surface area contributed by atoms with Crippen LogP contribution in [-0.2, 0) is 11.3 Å². The van der Waals surface area contributed by atoms with Crippen LogP contribution in [0.2, 0.25) is 0 Å². The number of aromatic amines is 1. The lowest BCUT2D eigenvalue weighted by molar-refractivity contribution is 0.0825. The van der Waals surface area contributed by atoms with Gasteiger partial charge in [-0.1, -0.05) is 42.5 Å². The zero-order chi connectivity index (χ0) is 19.5. The van der Waals surface area contributed by atoms with E-state index in [0.29, 0.717) is 36.8 Å². The monoisotopic (exact) mass is 379 g/mol. The number of nitrogens with one attached hydrogen (secondary N) is 1. The standard InChI is InChI=1S/C21H21N3O4/c25-19-17-8-4-5-9-18(17)22-20(26)24(19)16-10-12-23(13-11-16)21(27)28-14-15-6-2-1-3-7-15/h1-9,16H,10-14H2,(H,22,26). The van der Waals surface area contributed by atoms with Crippen molar-refractivity contribution < 1.29 is 9.53 Å². The molecule has 1 aliphatic rings. The molecule has 28 heavy (non-hydrogen) atoms. The minimum absolute atomic E-state index is 0.226. The molecule has 144 valence electrons. The van der Waals surface area contributed by atoms with Crippen molar-refractivity contribution in [3.63, 3.8) is 0 Å². The molecular formula is C21H21N3O4. The van der Waals surface area contributed by atoms with E-state index in [1.165, 1.54) is 4.57 Å². The first-order valence-electron chi connectivity index (χ1n) is 9.32. The summed E-state index contributed by atoms with van der Waals surface area (Å²) >= 11 is 0. The number of carbonyl (C=O) groups is 1. The van der Waals surface area contributed by atoms with Gasteiger partial charge in [-0.25, -0.2) is 9.59 Å². The molecule has 1 aliphatic heterocycles. The van der Waals surface area contributed by atoms with Crippen LogP contribution in [0, 0.1) is 0 Å². The molecule has 1 aromatic heterocycles. The normalized spacial score (nSPS) is 14.9. The Balaban J connectivity index is 1.43. The minimum Gasteiger partial charge on any atom is -0.445 e. The lowest BCUT2D eigenvalue weighted by Gasteiger charge is -2.31.